The molecule has 0 aliphatic carbocycles. The minimum Gasteiger partial charge on any atom is -0.298 e. The van der Waals surface area contributed by atoms with Gasteiger partial charge in [0.25, 0.3) is 5.91 Å². The Morgan fingerprint density at radius 3 is 3.09 bits per heavy atom. The molecule has 0 unspecified atom stereocenters. The van der Waals surface area contributed by atoms with Crippen LogP contribution >= 0.6 is 11.3 Å². The molecule has 2 aromatic heterocycles. The summed E-state index contributed by atoms with van der Waals surface area (Å²) in [6, 6.07) is 3.61. The maximum absolute atomic E-state index is 12.2. The summed E-state index contributed by atoms with van der Waals surface area (Å²) >= 11 is 1.47. The van der Waals surface area contributed by atoms with Crippen LogP contribution in [0.15, 0.2) is 23.7 Å². The first-order chi connectivity index (χ1) is 11.1. The predicted molar refractivity (Wildman–Crippen MR) is 92.7 cm³/mol. The summed E-state index contributed by atoms with van der Waals surface area (Å²) < 4.78 is 0. The number of carbonyl (C=O) groups excluding carboxylic acids is 1. The second kappa shape index (κ2) is 7.19. The van der Waals surface area contributed by atoms with Crippen molar-refractivity contribution in [2.24, 2.45) is 5.92 Å². The fraction of sp³-hybridized carbons (Fsp3) is 0.471. The lowest BCUT2D eigenvalue weighted by atomic mass is 10.0. The monoisotopic (exact) mass is 330 g/mol. The van der Waals surface area contributed by atoms with Crippen molar-refractivity contribution in [3.63, 3.8) is 0 Å². The van der Waals surface area contributed by atoms with Crippen molar-refractivity contribution in [2.75, 3.05) is 18.4 Å². The van der Waals surface area contributed by atoms with Crippen LogP contribution in [-0.4, -0.2) is 33.9 Å². The topological polar surface area (TPSA) is 58.1 Å². The van der Waals surface area contributed by atoms with Crippen LogP contribution in [0.25, 0.3) is 0 Å². The van der Waals surface area contributed by atoms with Gasteiger partial charge in [0.2, 0.25) is 0 Å². The number of piperidine rings is 1. The Morgan fingerprint density at radius 1 is 1.48 bits per heavy atom. The number of aryl methyl sites for hydroxylation is 1. The number of nitrogens with zero attached hydrogens (tertiary/aromatic N) is 3. The number of nitrogens with one attached hydrogen (secondary N) is 1. The molecule has 3 heterocycles. The molecule has 6 heteroatoms. The summed E-state index contributed by atoms with van der Waals surface area (Å²) in [5, 5.41) is 5.53. The normalized spacial score (nSPS) is 18.8. The number of likely N-dealkylation sites (tertiary alicyclic amines) is 1. The van der Waals surface area contributed by atoms with Crippen LogP contribution in [0, 0.1) is 12.8 Å². The minimum atomic E-state index is -0.162. The third kappa shape index (κ3) is 4.36. The van der Waals surface area contributed by atoms with E-state index in [-0.39, 0.29) is 5.91 Å². The van der Waals surface area contributed by atoms with Crippen LogP contribution in [0.5, 0.6) is 0 Å². The Hall–Kier alpha value is -1.79. The van der Waals surface area contributed by atoms with E-state index in [2.05, 4.69) is 27.1 Å². The molecule has 1 aliphatic rings. The van der Waals surface area contributed by atoms with Gasteiger partial charge in [0, 0.05) is 30.4 Å². The Kier molecular flexibility index (Phi) is 5.03. The van der Waals surface area contributed by atoms with E-state index in [0.29, 0.717) is 10.7 Å². The maximum Gasteiger partial charge on any atom is 0.259 e. The van der Waals surface area contributed by atoms with Gasteiger partial charge in [-0.15, -0.1) is 11.3 Å². The molecule has 3 rings (SSSR count). The fourth-order valence-corrected chi connectivity index (χ4v) is 3.56. The van der Waals surface area contributed by atoms with Crippen molar-refractivity contribution in [2.45, 2.75) is 33.2 Å². The van der Waals surface area contributed by atoms with Gasteiger partial charge >= 0.3 is 0 Å². The first-order valence-electron chi connectivity index (χ1n) is 8.01. The highest BCUT2D eigenvalue weighted by molar-refractivity contribution is 7.13. The molecule has 1 fully saturated rings. The van der Waals surface area contributed by atoms with Crippen LogP contribution in [-0.2, 0) is 6.54 Å². The molecule has 0 saturated carbocycles. The molecular weight excluding hydrogens is 308 g/mol. The van der Waals surface area contributed by atoms with Gasteiger partial charge in [0.1, 0.15) is 0 Å². The van der Waals surface area contributed by atoms with E-state index in [1.165, 1.54) is 24.2 Å². The Labute approximate surface area is 140 Å². The molecule has 5 nitrogen and oxygen atoms in total. The van der Waals surface area contributed by atoms with Crippen molar-refractivity contribution >= 4 is 22.4 Å². The summed E-state index contributed by atoms with van der Waals surface area (Å²) in [7, 11) is 0. The molecule has 1 aliphatic heterocycles. The summed E-state index contributed by atoms with van der Waals surface area (Å²) in [6.07, 6.45) is 4.17. The van der Waals surface area contributed by atoms with Crippen LogP contribution in [0.3, 0.4) is 0 Å². The van der Waals surface area contributed by atoms with Gasteiger partial charge in [0.15, 0.2) is 5.13 Å². The van der Waals surface area contributed by atoms with E-state index in [9.17, 15) is 4.79 Å². The second-order valence-electron chi connectivity index (χ2n) is 6.27. The van der Waals surface area contributed by atoms with Crippen molar-refractivity contribution in [3.8, 4) is 0 Å². The SMILES string of the molecule is Cc1ccc(C(=O)Nc2nc(CN3CCC[C@@H](C)C3)cs2)cn1. The number of hydrogen-bond donors (Lipinski definition) is 1. The number of hydrogen-bond acceptors (Lipinski definition) is 5. The molecule has 122 valence electrons. The molecule has 1 saturated heterocycles. The number of thiazole rings is 1. The van der Waals surface area contributed by atoms with Crippen molar-refractivity contribution in [3.05, 3.63) is 40.7 Å². The number of carbonyl (C=O) groups is 1. The second-order valence-corrected chi connectivity index (χ2v) is 7.13. The zero-order chi connectivity index (χ0) is 16.2. The van der Waals surface area contributed by atoms with Crippen molar-refractivity contribution < 1.29 is 4.79 Å². The van der Waals surface area contributed by atoms with Crippen LogP contribution in [0.1, 0.15) is 41.5 Å². The van der Waals surface area contributed by atoms with Gasteiger partial charge in [-0.25, -0.2) is 4.98 Å². The van der Waals surface area contributed by atoms with Gasteiger partial charge in [-0.05, 0) is 44.4 Å². The van der Waals surface area contributed by atoms with Gasteiger partial charge in [-0.3, -0.25) is 20.0 Å². The number of aromatic nitrogens is 2. The largest absolute Gasteiger partial charge is 0.298 e. The van der Waals surface area contributed by atoms with Gasteiger partial charge in [-0.1, -0.05) is 6.92 Å². The number of rotatable bonds is 4. The molecule has 0 spiro atoms. The minimum absolute atomic E-state index is 0.162. The zero-order valence-electron chi connectivity index (χ0n) is 13.6. The lowest BCUT2D eigenvalue weighted by Gasteiger charge is -2.30. The molecule has 23 heavy (non-hydrogen) atoms. The first kappa shape index (κ1) is 16.1. The average molecular weight is 330 g/mol. The number of anilines is 1. The Bertz CT molecular complexity index is 667. The molecular formula is C17H22N4OS. The van der Waals surface area contributed by atoms with Crippen LogP contribution < -0.4 is 5.32 Å². The van der Waals surface area contributed by atoms with Crippen LogP contribution in [0.2, 0.25) is 0 Å². The Morgan fingerprint density at radius 2 is 2.35 bits per heavy atom. The lowest BCUT2D eigenvalue weighted by molar-refractivity contribution is 0.102. The molecule has 1 atom stereocenters. The number of amides is 1. The standard InChI is InChI=1S/C17H22N4OS/c1-12-4-3-7-21(9-12)10-15-11-23-17(19-15)20-16(22)14-6-5-13(2)18-8-14/h5-6,8,11-12H,3-4,7,9-10H2,1-2H3,(H,19,20,22)/t12-/m1/s1. The molecule has 1 N–H and O–H groups in total. The van der Waals surface area contributed by atoms with Crippen molar-refractivity contribution in [1.82, 2.24) is 14.9 Å². The third-order valence-electron chi connectivity index (χ3n) is 4.07. The van der Waals surface area contributed by atoms with E-state index in [0.717, 1.165) is 36.9 Å². The van der Waals surface area contributed by atoms with E-state index >= 15 is 0 Å². The summed E-state index contributed by atoms with van der Waals surface area (Å²) in [5.41, 5.74) is 2.48. The highest BCUT2D eigenvalue weighted by Crippen LogP contribution is 2.21. The van der Waals surface area contributed by atoms with Crippen molar-refractivity contribution in [1.29, 1.82) is 0 Å². The zero-order valence-corrected chi connectivity index (χ0v) is 14.4. The third-order valence-corrected chi connectivity index (χ3v) is 4.88. The van der Waals surface area contributed by atoms with Gasteiger partial charge in [-0.2, -0.15) is 0 Å². The van der Waals surface area contributed by atoms with E-state index < -0.39 is 0 Å². The highest BCUT2D eigenvalue weighted by Gasteiger charge is 2.17. The van der Waals surface area contributed by atoms with Gasteiger partial charge < -0.3 is 0 Å². The lowest BCUT2D eigenvalue weighted by Crippen LogP contribution is -2.33. The van der Waals surface area contributed by atoms with Crippen LogP contribution in [0.4, 0.5) is 5.13 Å². The quantitative estimate of drug-likeness (QED) is 0.934. The Balaban J connectivity index is 1.58. The highest BCUT2D eigenvalue weighted by atomic mass is 32.1. The van der Waals surface area contributed by atoms with Gasteiger partial charge in [0.05, 0.1) is 11.3 Å². The fourth-order valence-electron chi connectivity index (χ4n) is 2.87. The first-order valence-corrected chi connectivity index (χ1v) is 8.89. The smallest absolute Gasteiger partial charge is 0.259 e. The maximum atomic E-state index is 12.2. The molecule has 1 amide bonds. The van der Waals surface area contributed by atoms with E-state index in [1.807, 2.05) is 18.4 Å². The predicted octanol–water partition coefficient (Wildman–Crippen LogP) is 3.33. The van der Waals surface area contributed by atoms with E-state index in [4.69, 9.17) is 0 Å². The summed E-state index contributed by atoms with van der Waals surface area (Å²) in [4.78, 5) is 23.3. The molecule has 2 aromatic rings. The molecule has 0 radical (unpaired) electrons. The average Bonchev–Trinajstić information content (AvgIpc) is 2.95. The summed E-state index contributed by atoms with van der Waals surface area (Å²) in [5.74, 6) is 0.598. The van der Waals surface area contributed by atoms with E-state index in [1.54, 1.807) is 12.3 Å². The molecule has 0 bridgehead atoms. The number of pyridine rings is 1. The summed E-state index contributed by atoms with van der Waals surface area (Å²) in [6.45, 7) is 7.33. The molecule has 0 aromatic carbocycles.